The third-order valence-electron chi connectivity index (χ3n) is 5.12. The minimum atomic E-state index is -0.115. The maximum absolute atomic E-state index is 10.5. The lowest BCUT2D eigenvalue weighted by molar-refractivity contribution is -0.0490. The highest BCUT2D eigenvalue weighted by molar-refractivity contribution is 4.90. The first-order valence-corrected chi connectivity index (χ1v) is 7.71. The van der Waals surface area contributed by atoms with Crippen LogP contribution in [0.4, 0.5) is 0 Å². The molecule has 2 aliphatic rings. The van der Waals surface area contributed by atoms with Crippen molar-refractivity contribution in [1.82, 2.24) is 4.90 Å². The van der Waals surface area contributed by atoms with E-state index in [-0.39, 0.29) is 11.5 Å². The molecule has 2 nitrogen and oxygen atoms in total. The quantitative estimate of drug-likeness (QED) is 0.816. The number of aliphatic hydroxyl groups is 1. The van der Waals surface area contributed by atoms with E-state index >= 15 is 0 Å². The van der Waals surface area contributed by atoms with Gasteiger partial charge in [-0.1, -0.05) is 34.1 Å². The molecular formula is C16H31NO. The van der Waals surface area contributed by atoms with Crippen molar-refractivity contribution >= 4 is 0 Å². The number of piperidine rings is 1. The fourth-order valence-electron chi connectivity index (χ4n) is 3.99. The molecule has 1 aliphatic carbocycles. The number of hydrogen-bond acceptors (Lipinski definition) is 2. The number of hydrogen-bond donors (Lipinski definition) is 1. The molecule has 2 fully saturated rings. The smallest absolute Gasteiger partial charge is 0.0631 e. The number of likely N-dealkylation sites (tertiary alicyclic amines) is 1. The Kier molecular flexibility index (Phi) is 4.08. The average Bonchev–Trinajstić information content (AvgIpc) is 2.23. The van der Waals surface area contributed by atoms with Gasteiger partial charge in [0.05, 0.1) is 6.10 Å². The van der Waals surface area contributed by atoms with E-state index < -0.39 is 0 Å². The van der Waals surface area contributed by atoms with Crippen molar-refractivity contribution in [3.63, 3.8) is 0 Å². The van der Waals surface area contributed by atoms with Crippen LogP contribution in [-0.2, 0) is 0 Å². The van der Waals surface area contributed by atoms with Gasteiger partial charge in [-0.25, -0.2) is 0 Å². The molecule has 0 aromatic heterocycles. The zero-order valence-corrected chi connectivity index (χ0v) is 12.7. The Morgan fingerprint density at radius 1 is 1.11 bits per heavy atom. The molecular weight excluding hydrogens is 222 g/mol. The Morgan fingerprint density at radius 2 is 1.83 bits per heavy atom. The van der Waals surface area contributed by atoms with E-state index in [1.807, 2.05) is 0 Å². The SMILES string of the molecule is CC1(C)CCCN(CC2CCCC(C)(C)C2O)C1. The van der Waals surface area contributed by atoms with E-state index in [2.05, 4.69) is 32.6 Å². The summed E-state index contributed by atoms with van der Waals surface area (Å²) < 4.78 is 0. The Labute approximate surface area is 113 Å². The van der Waals surface area contributed by atoms with Crippen LogP contribution in [0.5, 0.6) is 0 Å². The van der Waals surface area contributed by atoms with Crippen LogP contribution in [-0.4, -0.2) is 35.7 Å². The van der Waals surface area contributed by atoms with Gasteiger partial charge in [0, 0.05) is 13.1 Å². The fourth-order valence-corrected chi connectivity index (χ4v) is 3.99. The number of rotatable bonds is 2. The molecule has 1 saturated carbocycles. The van der Waals surface area contributed by atoms with Gasteiger partial charge in [-0.2, -0.15) is 0 Å². The first kappa shape index (κ1) is 14.3. The molecule has 0 aromatic carbocycles. The predicted octanol–water partition coefficient (Wildman–Crippen LogP) is 3.30. The first-order valence-electron chi connectivity index (χ1n) is 7.71. The van der Waals surface area contributed by atoms with Crippen LogP contribution >= 0.6 is 0 Å². The molecule has 1 N–H and O–H groups in total. The lowest BCUT2D eigenvalue weighted by atomic mass is 9.69. The monoisotopic (exact) mass is 253 g/mol. The molecule has 0 amide bonds. The van der Waals surface area contributed by atoms with Crippen molar-refractivity contribution in [3.8, 4) is 0 Å². The third-order valence-corrected chi connectivity index (χ3v) is 5.12. The highest BCUT2D eigenvalue weighted by Gasteiger charge is 2.39. The molecule has 2 atom stereocenters. The van der Waals surface area contributed by atoms with E-state index in [9.17, 15) is 5.11 Å². The van der Waals surface area contributed by atoms with Crippen molar-refractivity contribution in [2.75, 3.05) is 19.6 Å². The van der Waals surface area contributed by atoms with Gasteiger partial charge in [0.2, 0.25) is 0 Å². The van der Waals surface area contributed by atoms with Gasteiger partial charge in [-0.3, -0.25) is 0 Å². The molecule has 0 spiro atoms. The van der Waals surface area contributed by atoms with Gasteiger partial charge >= 0.3 is 0 Å². The fraction of sp³-hybridized carbons (Fsp3) is 1.00. The second-order valence-corrected chi connectivity index (χ2v) is 8.09. The van der Waals surface area contributed by atoms with Crippen LogP contribution in [0.3, 0.4) is 0 Å². The minimum absolute atomic E-state index is 0.115. The van der Waals surface area contributed by atoms with E-state index in [1.54, 1.807) is 0 Å². The Bertz CT molecular complexity index is 285. The molecule has 0 radical (unpaired) electrons. The zero-order chi connectivity index (χ0) is 13.4. The minimum Gasteiger partial charge on any atom is -0.392 e. The van der Waals surface area contributed by atoms with Crippen LogP contribution in [0.15, 0.2) is 0 Å². The number of nitrogens with zero attached hydrogens (tertiary/aromatic N) is 1. The molecule has 0 aromatic rings. The molecule has 2 rings (SSSR count). The lowest BCUT2D eigenvalue weighted by Gasteiger charge is -2.45. The Balaban J connectivity index is 1.92. The molecule has 106 valence electrons. The van der Waals surface area contributed by atoms with E-state index in [1.165, 1.54) is 45.2 Å². The molecule has 1 heterocycles. The van der Waals surface area contributed by atoms with Crippen LogP contribution in [0.1, 0.15) is 59.8 Å². The standard InChI is InChI=1S/C16H31NO/c1-15(2)8-6-10-17(12-15)11-13-7-5-9-16(3,4)14(13)18/h13-14,18H,5-12H2,1-4H3. The van der Waals surface area contributed by atoms with Gasteiger partial charge < -0.3 is 10.0 Å². The average molecular weight is 253 g/mol. The van der Waals surface area contributed by atoms with Crippen LogP contribution < -0.4 is 0 Å². The van der Waals surface area contributed by atoms with Crippen LogP contribution in [0.25, 0.3) is 0 Å². The first-order chi connectivity index (χ1) is 8.30. The summed E-state index contributed by atoms with van der Waals surface area (Å²) in [6.45, 7) is 12.7. The lowest BCUT2D eigenvalue weighted by Crippen LogP contribution is -2.48. The predicted molar refractivity (Wildman–Crippen MR) is 76.6 cm³/mol. The van der Waals surface area contributed by atoms with Crippen molar-refractivity contribution < 1.29 is 5.11 Å². The van der Waals surface area contributed by atoms with Gasteiger partial charge in [0.1, 0.15) is 0 Å². The molecule has 0 bridgehead atoms. The summed E-state index contributed by atoms with van der Waals surface area (Å²) in [4.78, 5) is 2.60. The summed E-state index contributed by atoms with van der Waals surface area (Å²) >= 11 is 0. The van der Waals surface area contributed by atoms with Crippen LogP contribution in [0, 0.1) is 16.7 Å². The summed E-state index contributed by atoms with van der Waals surface area (Å²) in [7, 11) is 0. The van der Waals surface area contributed by atoms with Crippen molar-refractivity contribution in [1.29, 1.82) is 0 Å². The Hall–Kier alpha value is -0.0800. The third kappa shape index (κ3) is 3.27. The highest BCUT2D eigenvalue weighted by Crippen LogP contribution is 2.40. The maximum Gasteiger partial charge on any atom is 0.0631 e. The number of aliphatic hydroxyl groups excluding tert-OH is 1. The molecule has 1 aliphatic heterocycles. The Morgan fingerprint density at radius 3 is 2.50 bits per heavy atom. The zero-order valence-electron chi connectivity index (χ0n) is 12.7. The molecule has 18 heavy (non-hydrogen) atoms. The summed E-state index contributed by atoms with van der Waals surface area (Å²) in [6, 6.07) is 0. The summed E-state index contributed by atoms with van der Waals surface area (Å²) in [6.07, 6.45) is 6.22. The largest absolute Gasteiger partial charge is 0.392 e. The normalized spacial score (nSPS) is 36.5. The summed E-state index contributed by atoms with van der Waals surface area (Å²) in [5.41, 5.74) is 0.585. The molecule has 1 saturated heterocycles. The summed E-state index contributed by atoms with van der Waals surface area (Å²) in [5, 5.41) is 10.5. The highest BCUT2D eigenvalue weighted by atomic mass is 16.3. The van der Waals surface area contributed by atoms with E-state index in [0.717, 1.165) is 6.54 Å². The van der Waals surface area contributed by atoms with Crippen molar-refractivity contribution in [3.05, 3.63) is 0 Å². The second-order valence-electron chi connectivity index (χ2n) is 8.09. The summed E-state index contributed by atoms with van der Waals surface area (Å²) in [5.74, 6) is 0.489. The van der Waals surface area contributed by atoms with Crippen molar-refractivity contribution in [2.24, 2.45) is 16.7 Å². The van der Waals surface area contributed by atoms with Gasteiger partial charge in [-0.15, -0.1) is 0 Å². The molecule has 2 unspecified atom stereocenters. The van der Waals surface area contributed by atoms with E-state index in [4.69, 9.17) is 0 Å². The molecule has 2 heteroatoms. The van der Waals surface area contributed by atoms with Crippen molar-refractivity contribution in [2.45, 2.75) is 65.9 Å². The van der Waals surface area contributed by atoms with E-state index in [0.29, 0.717) is 11.3 Å². The van der Waals surface area contributed by atoms with Crippen LogP contribution in [0.2, 0.25) is 0 Å². The van der Waals surface area contributed by atoms with Gasteiger partial charge in [0.25, 0.3) is 0 Å². The second kappa shape index (κ2) is 5.13. The topological polar surface area (TPSA) is 23.5 Å². The maximum atomic E-state index is 10.5. The van der Waals surface area contributed by atoms with Gasteiger partial charge in [-0.05, 0) is 49.0 Å². The van der Waals surface area contributed by atoms with Gasteiger partial charge in [0.15, 0.2) is 0 Å².